The minimum Gasteiger partial charge on any atom is -0.203 e. The summed E-state index contributed by atoms with van der Waals surface area (Å²) in [6.07, 6.45) is 24.1. The number of aryl methyl sites for hydroxylation is 2. The zero-order valence-corrected chi connectivity index (χ0v) is 29.9. The minimum atomic E-state index is -0.650. The molecule has 0 nitrogen and oxygen atoms in total. The summed E-state index contributed by atoms with van der Waals surface area (Å²) in [5.74, 6) is 3.27. The lowest BCUT2D eigenvalue weighted by Gasteiger charge is -2.38. The van der Waals surface area contributed by atoms with E-state index >= 15 is 0 Å². The van der Waals surface area contributed by atoms with E-state index in [4.69, 9.17) is 0 Å². The maximum absolute atomic E-state index is 14.2. The normalized spacial score (nSPS) is 31.6. The van der Waals surface area contributed by atoms with E-state index in [0.29, 0.717) is 22.3 Å². The van der Waals surface area contributed by atoms with Crippen LogP contribution < -0.4 is 0 Å². The van der Waals surface area contributed by atoms with Gasteiger partial charge in [0.2, 0.25) is 0 Å². The molecule has 6 rings (SSSR count). The number of benzene rings is 2. The largest absolute Gasteiger partial charge is 0.203 e. The van der Waals surface area contributed by atoms with Gasteiger partial charge in [-0.1, -0.05) is 83.1 Å². The van der Waals surface area contributed by atoms with Gasteiger partial charge < -0.3 is 0 Å². The molecule has 0 N–H and O–H groups in total. The van der Waals surface area contributed by atoms with Crippen LogP contribution in [0.4, 0.5) is 17.6 Å². The summed E-state index contributed by atoms with van der Waals surface area (Å²) in [5, 5.41) is 0. The summed E-state index contributed by atoms with van der Waals surface area (Å²) in [6, 6.07) is 7.08. The van der Waals surface area contributed by atoms with E-state index in [1.54, 1.807) is 26.0 Å². The minimum absolute atomic E-state index is 0.216. The van der Waals surface area contributed by atoms with E-state index in [2.05, 4.69) is 13.8 Å². The Kier molecular flexibility index (Phi) is 13.3. The van der Waals surface area contributed by atoms with Crippen molar-refractivity contribution < 1.29 is 17.6 Å². The van der Waals surface area contributed by atoms with E-state index < -0.39 is 23.3 Å². The Hall–Kier alpha value is -1.84. The van der Waals surface area contributed by atoms with Gasteiger partial charge in [-0.2, -0.15) is 0 Å². The van der Waals surface area contributed by atoms with Gasteiger partial charge in [0.15, 0.2) is 23.3 Å². The van der Waals surface area contributed by atoms with Gasteiger partial charge in [-0.05, 0) is 160 Å². The molecule has 0 atom stereocenters. The second-order valence-corrected chi connectivity index (χ2v) is 16.2. The molecule has 0 amide bonds. The second-order valence-electron chi connectivity index (χ2n) is 16.2. The highest BCUT2D eigenvalue weighted by molar-refractivity contribution is 5.29. The smallest absolute Gasteiger partial charge is 0.162 e. The quantitative estimate of drug-likeness (QED) is 0.261. The van der Waals surface area contributed by atoms with Crippen molar-refractivity contribution in [2.24, 2.45) is 35.5 Å². The maximum atomic E-state index is 14.2. The van der Waals surface area contributed by atoms with E-state index in [1.807, 2.05) is 12.1 Å². The van der Waals surface area contributed by atoms with Crippen LogP contribution in [0.1, 0.15) is 170 Å². The van der Waals surface area contributed by atoms with Crippen molar-refractivity contribution in [1.29, 1.82) is 0 Å². The predicted molar refractivity (Wildman–Crippen MR) is 188 cm³/mol. The number of halogens is 4. The molecule has 0 unspecified atom stereocenters. The van der Waals surface area contributed by atoms with Crippen LogP contribution in [0.25, 0.3) is 0 Å². The molecular weight excluding hydrogens is 592 g/mol. The fourth-order valence-electron chi connectivity index (χ4n) is 10.2. The lowest BCUT2D eigenvalue weighted by molar-refractivity contribution is 0.156. The van der Waals surface area contributed by atoms with Gasteiger partial charge >= 0.3 is 0 Å². The summed E-state index contributed by atoms with van der Waals surface area (Å²) in [5.41, 5.74) is 2.05. The molecular formula is C43H62F4. The third-order valence-corrected chi connectivity index (χ3v) is 13.4. The van der Waals surface area contributed by atoms with Crippen LogP contribution in [0, 0.1) is 72.6 Å². The first-order valence-corrected chi connectivity index (χ1v) is 19.6. The van der Waals surface area contributed by atoms with Gasteiger partial charge in [-0.15, -0.1) is 0 Å². The highest BCUT2D eigenvalue weighted by Crippen LogP contribution is 2.46. The van der Waals surface area contributed by atoms with E-state index in [0.717, 1.165) is 61.2 Å². The third-order valence-electron chi connectivity index (χ3n) is 13.4. The van der Waals surface area contributed by atoms with Gasteiger partial charge in [0.05, 0.1) is 0 Å². The molecule has 4 fully saturated rings. The molecule has 4 heteroatoms. The van der Waals surface area contributed by atoms with Crippen molar-refractivity contribution >= 4 is 0 Å². The van der Waals surface area contributed by atoms with Gasteiger partial charge in [-0.3, -0.25) is 0 Å². The average molecular weight is 655 g/mol. The molecule has 0 heterocycles. The van der Waals surface area contributed by atoms with Gasteiger partial charge in [0.1, 0.15) is 0 Å². The summed E-state index contributed by atoms with van der Waals surface area (Å²) >= 11 is 0. The van der Waals surface area contributed by atoms with Crippen molar-refractivity contribution in [3.8, 4) is 0 Å². The fourth-order valence-corrected chi connectivity index (χ4v) is 10.2. The molecule has 0 bridgehead atoms. The monoisotopic (exact) mass is 654 g/mol. The van der Waals surface area contributed by atoms with Crippen LogP contribution in [-0.2, 0) is 0 Å². The van der Waals surface area contributed by atoms with Crippen molar-refractivity contribution in [2.45, 2.75) is 162 Å². The topological polar surface area (TPSA) is 0 Å². The fraction of sp³-hybridized carbons (Fsp3) is 0.721. The Bertz CT molecular complexity index is 1250. The first kappa shape index (κ1) is 36.4. The van der Waals surface area contributed by atoms with E-state index in [1.165, 1.54) is 96.3 Å². The molecule has 262 valence electrons. The Morgan fingerprint density at radius 1 is 0.447 bits per heavy atom. The zero-order chi connectivity index (χ0) is 33.5. The summed E-state index contributed by atoms with van der Waals surface area (Å²) in [4.78, 5) is 0. The molecule has 47 heavy (non-hydrogen) atoms. The molecule has 0 saturated heterocycles. The number of rotatable bonds is 7. The zero-order valence-electron chi connectivity index (χ0n) is 29.9. The van der Waals surface area contributed by atoms with Crippen LogP contribution in [0.2, 0.25) is 0 Å². The lowest BCUT2D eigenvalue weighted by atomic mass is 9.68. The maximum Gasteiger partial charge on any atom is 0.162 e. The molecule has 4 aliphatic carbocycles. The summed E-state index contributed by atoms with van der Waals surface area (Å²) in [6.45, 7) is 7.87. The van der Waals surface area contributed by atoms with Crippen LogP contribution in [0.5, 0.6) is 0 Å². The Morgan fingerprint density at radius 2 is 0.787 bits per heavy atom. The Balaban J connectivity index is 0.000000185. The molecule has 0 aromatic heterocycles. The van der Waals surface area contributed by atoms with Crippen molar-refractivity contribution in [3.05, 3.63) is 69.8 Å². The molecule has 2 aromatic rings. The molecule has 4 aliphatic rings. The van der Waals surface area contributed by atoms with E-state index in [-0.39, 0.29) is 11.8 Å². The SMILES string of the molecule is CCC1CCC(C2CCC(c3ccc(C)c(F)c3F)CC2)CC1.CCCC1CCC(C2CCC(c3ccc(C)c(F)c3F)CC2)CC1. The number of hydrogen-bond acceptors (Lipinski definition) is 0. The summed E-state index contributed by atoms with van der Waals surface area (Å²) < 4.78 is 56.1. The van der Waals surface area contributed by atoms with Gasteiger partial charge in [-0.25, -0.2) is 17.6 Å². The van der Waals surface area contributed by atoms with Crippen molar-refractivity contribution in [3.63, 3.8) is 0 Å². The average Bonchev–Trinajstić information content (AvgIpc) is 3.11. The Labute approximate surface area is 283 Å². The highest BCUT2D eigenvalue weighted by Gasteiger charge is 2.33. The van der Waals surface area contributed by atoms with Gasteiger partial charge in [0, 0.05) is 0 Å². The van der Waals surface area contributed by atoms with Crippen LogP contribution in [0.3, 0.4) is 0 Å². The van der Waals surface area contributed by atoms with Crippen molar-refractivity contribution in [1.82, 2.24) is 0 Å². The van der Waals surface area contributed by atoms with Crippen LogP contribution in [-0.4, -0.2) is 0 Å². The molecule has 2 aromatic carbocycles. The first-order valence-electron chi connectivity index (χ1n) is 19.6. The lowest BCUT2D eigenvalue weighted by Crippen LogP contribution is -2.25. The standard InChI is InChI=1S/C22H32F2.C21H30F2/c1-3-4-16-6-8-17(9-7-16)18-10-12-19(13-11-18)20-14-5-15(2)21(23)22(20)24;1-3-15-5-7-16(8-6-15)17-9-11-18(12-10-17)19-13-4-14(2)20(22)21(19)23/h5,14,16-19H,3-4,6-13H2,1-2H3;4,13,15-18H,3,5-12H2,1-2H3. The number of hydrogen-bond donors (Lipinski definition) is 0. The molecule has 0 radical (unpaired) electrons. The Morgan fingerprint density at radius 3 is 1.13 bits per heavy atom. The highest BCUT2D eigenvalue weighted by atomic mass is 19.2. The van der Waals surface area contributed by atoms with Gasteiger partial charge in [0.25, 0.3) is 0 Å². The molecule has 4 saturated carbocycles. The molecule has 0 spiro atoms. The summed E-state index contributed by atoms with van der Waals surface area (Å²) in [7, 11) is 0. The van der Waals surface area contributed by atoms with E-state index in [9.17, 15) is 17.6 Å². The second kappa shape index (κ2) is 17.2. The van der Waals surface area contributed by atoms with Crippen LogP contribution in [0.15, 0.2) is 24.3 Å². The molecule has 0 aliphatic heterocycles. The first-order chi connectivity index (χ1) is 22.7. The third kappa shape index (κ3) is 9.04. The van der Waals surface area contributed by atoms with Crippen molar-refractivity contribution in [2.75, 3.05) is 0 Å². The predicted octanol–water partition coefficient (Wildman–Crippen LogP) is 13.9. The van der Waals surface area contributed by atoms with Crippen LogP contribution >= 0.6 is 0 Å².